The highest BCUT2D eigenvalue weighted by Gasteiger charge is 2.35. The lowest BCUT2D eigenvalue weighted by Crippen LogP contribution is -2.40. The van der Waals surface area contributed by atoms with Crippen molar-refractivity contribution in [2.24, 2.45) is 0 Å². The molecule has 8 nitrogen and oxygen atoms in total. The third-order valence-corrected chi connectivity index (χ3v) is 6.60. The summed E-state index contributed by atoms with van der Waals surface area (Å²) in [5.74, 6) is 0.469. The summed E-state index contributed by atoms with van der Waals surface area (Å²) in [5.41, 5.74) is 1.87. The van der Waals surface area contributed by atoms with Crippen LogP contribution in [-0.2, 0) is 26.0 Å². The fraction of sp³-hybridized carbons (Fsp3) is 0.333. The molecule has 0 radical (unpaired) electrons. The van der Waals surface area contributed by atoms with E-state index >= 15 is 0 Å². The molecule has 4 rings (SSSR count). The van der Waals surface area contributed by atoms with Crippen molar-refractivity contribution >= 4 is 33.3 Å². The number of fused-ring (bicyclic) bond motifs is 1. The number of hydrogen-bond acceptors (Lipinski definition) is 5. The van der Waals surface area contributed by atoms with Crippen molar-refractivity contribution in [3.05, 3.63) is 41.5 Å². The van der Waals surface area contributed by atoms with E-state index in [0.29, 0.717) is 48.8 Å². The first-order chi connectivity index (χ1) is 13.0. The lowest BCUT2D eigenvalue weighted by Gasteiger charge is -2.26. The standard InChI is InChI=1S/C18H20N4O4S/c1-2-16-19-11-12(20-16)10-13-17-14(21-18(13)23)4-3-5-15(17)27(24,25)22-6-8-26-9-7-22/h3-5,10-11H,2,6-9H2,1H3,(H,19,20)(H,21,23)/b13-10-. The van der Waals surface area contributed by atoms with Gasteiger partial charge in [0.15, 0.2) is 0 Å². The zero-order valence-corrected chi connectivity index (χ0v) is 15.7. The summed E-state index contributed by atoms with van der Waals surface area (Å²) < 4.78 is 33.0. The molecule has 2 aromatic rings. The van der Waals surface area contributed by atoms with Crippen LogP contribution in [-0.4, -0.2) is 54.9 Å². The molecule has 1 fully saturated rings. The highest BCUT2D eigenvalue weighted by Crippen LogP contribution is 2.38. The number of amides is 1. The van der Waals surface area contributed by atoms with Gasteiger partial charge in [0.2, 0.25) is 10.0 Å². The van der Waals surface area contributed by atoms with E-state index in [1.165, 1.54) is 4.31 Å². The van der Waals surface area contributed by atoms with Gasteiger partial charge in [-0.3, -0.25) is 4.79 Å². The second-order valence-electron chi connectivity index (χ2n) is 6.35. The minimum absolute atomic E-state index is 0.127. The van der Waals surface area contributed by atoms with Crippen LogP contribution in [0, 0.1) is 0 Å². The van der Waals surface area contributed by atoms with E-state index in [1.807, 2.05) is 6.92 Å². The fourth-order valence-corrected chi connectivity index (χ4v) is 4.92. The number of benzene rings is 1. The van der Waals surface area contributed by atoms with Crippen LogP contribution in [0.5, 0.6) is 0 Å². The van der Waals surface area contributed by atoms with E-state index < -0.39 is 10.0 Å². The predicted octanol–water partition coefficient (Wildman–Crippen LogP) is 1.49. The van der Waals surface area contributed by atoms with E-state index in [0.717, 1.165) is 12.2 Å². The summed E-state index contributed by atoms with van der Waals surface area (Å²) in [5, 5.41) is 2.75. The smallest absolute Gasteiger partial charge is 0.256 e. The van der Waals surface area contributed by atoms with Gasteiger partial charge in [-0.2, -0.15) is 4.31 Å². The molecule has 0 bridgehead atoms. The number of nitrogens with one attached hydrogen (secondary N) is 2. The summed E-state index contributed by atoms with van der Waals surface area (Å²) in [7, 11) is -3.74. The molecule has 1 aromatic carbocycles. The van der Waals surface area contributed by atoms with Crippen molar-refractivity contribution in [3.63, 3.8) is 0 Å². The third-order valence-electron chi connectivity index (χ3n) is 4.66. The summed E-state index contributed by atoms with van der Waals surface area (Å²) in [6.45, 7) is 3.30. The van der Waals surface area contributed by atoms with Crippen LogP contribution in [0.3, 0.4) is 0 Å². The Morgan fingerprint density at radius 1 is 1.30 bits per heavy atom. The first-order valence-corrected chi connectivity index (χ1v) is 10.2. The lowest BCUT2D eigenvalue weighted by molar-refractivity contribution is -0.110. The molecular formula is C18H20N4O4S. The Morgan fingerprint density at radius 2 is 2.07 bits per heavy atom. The van der Waals surface area contributed by atoms with Crippen LogP contribution in [0.25, 0.3) is 11.6 Å². The molecular weight excluding hydrogens is 368 g/mol. The number of sulfonamides is 1. The Balaban J connectivity index is 1.81. The Hall–Kier alpha value is -2.49. The van der Waals surface area contributed by atoms with Gasteiger partial charge in [0.1, 0.15) is 5.82 Å². The number of carbonyl (C=O) groups excluding carboxylic acids is 1. The molecule has 1 aromatic heterocycles. The number of aromatic amines is 1. The Morgan fingerprint density at radius 3 is 2.78 bits per heavy atom. The van der Waals surface area contributed by atoms with Gasteiger partial charge in [0.05, 0.1) is 41.3 Å². The SMILES string of the molecule is CCc1ncc(/C=C2\C(=O)Nc3cccc(S(=O)(=O)N4CCOCC4)c32)[nH]1. The maximum atomic E-state index is 13.2. The van der Waals surface area contributed by atoms with E-state index in [4.69, 9.17) is 4.74 Å². The molecule has 1 amide bonds. The van der Waals surface area contributed by atoms with Crippen LogP contribution in [0.15, 0.2) is 29.3 Å². The first kappa shape index (κ1) is 17.9. The maximum Gasteiger partial charge on any atom is 0.256 e. The molecule has 0 aliphatic carbocycles. The molecule has 2 aliphatic heterocycles. The molecule has 0 atom stereocenters. The molecule has 9 heteroatoms. The highest BCUT2D eigenvalue weighted by atomic mass is 32.2. The number of aryl methyl sites for hydroxylation is 1. The molecule has 2 aliphatic rings. The minimum atomic E-state index is -3.74. The molecule has 27 heavy (non-hydrogen) atoms. The van der Waals surface area contributed by atoms with Crippen LogP contribution in [0.4, 0.5) is 5.69 Å². The number of hydrogen-bond donors (Lipinski definition) is 2. The van der Waals surface area contributed by atoms with Gasteiger partial charge in [0.25, 0.3) is 5.91 Å². The largest absolute Gasteiger partial charge is 0.379 e. The number of carbonyl (C=O) groups is 1. The van der Waals surface area contributed by atoms with E-state index in [2.05, 4.69) is 15.3 Å². The number of anilines is 1. The minimum Gasteiger partial charge on any atom is -0.379 e. The molecule has 142 valence electrons. The van der Waals surface area contributed by atoms with Crippen molar-refractivity contribution in [2.75, 3.05) is 31.6 Å². The zero-order valence-electron chi connectivity index (χ0n) is 14.9. The highest BCUT2D eigenvalue weighted by molar-refractivity contribution is 7.89. The summed E-state index contributed by atoms with van der Waals surface area (Å²) in [6.07, 6.45) is 4.02. The lowest BCUT2D eigenvalue weighted by atomic mass is 10.1. The van der Waals surface area contributed by atoms with Gasteiger partial charge < -0.3 is 15.0 Å². The van der Waals surface area contributed by atoms with E-state index in [1.54, 1.807) is 30.5 Å². The quantitative estimate of drug-likeness (QED) is 0.772. The van der Waals surface area contributed by atoms with Gasteiger partial charge in [-0.15, -0.1) is 0 Å². The number of morpholine rings is 1. The zero-order chi connectivity index (χ0) is 19.0. The summed E-state index contributed by atoms with van der Waals surface area (Å²) in [4.78, 5) is 20.0. The van der Waals surface area contributed by atoms with E-state index in [-0.39, 0.29) is 10.8 Å². The summed E-state index contributed by atoms with van der Waals surface area (Å²) >= 11 is 0. The normalized spacial score (nSPS) is 19.3. The Kier molecular flexibility index (Phi) is 4.58. The van der Waals surface area contributed by atoms with Gasteiger partial charge >= 0.3 is 0 Å². The number of rotatable bonds is 4. The topological polar surface area (TPSA) is 104 Å². The average molecular weight is 388 g/mol. The van der Waals surface area contributed by atoms with Crippen molar-refractivity contribution in [1.82, 2.24) is 14.3 Å². The summed E-state index contributed by atoms with van der Waals surface area (Å²) in [6, 6.07) is 4.89. The molecule has 0 unspecified atom stereocenters. The van der Waals surface area contributed by atoms with Crippen molar-refractivity contribution in [2.45, 2.75) is 18.2 Å². The molecule has 2 N–H and O–H groups in total. The molecule has 3 heterocycles. The monoisotopic (exact) mass is 388 g/mol. The van der Waals surface area contributed by atoms with Gasteiger partial charge in [-0.05, 0) is 18.2 Å². The van der Waals surface area contributed by atoms with Crippen molar-refractivity contribution in [1.29, 1.82) is 0 Å². The van der Waals surface area contributed by atoms with Gasteiger partial charge in [0, 0.05) is 25.1 Å². The third kappa shape index (κ3) is 3.18. The second-order valence-corrected chi connectivity index (χ2v) is 8.25. The van der Waals surface area contributed by atoms with Crippen LogP contribution in [0.1, 0.15) is 24.0 Å². The van der Waals surface area contributed by atoms with Gasteiger partial charge in [-0.1, -0.05) is 13.0 Å². The number of H-pyrrole nitrogens is 1. The van der Waals surface area contributed by atoms with Crippen LogP contribution >= 0.6 is 0 Å². The van der Waals surface area contributed by atoms with Crippen molar-refractivity contribution in [3.8, 4) is 0 Å². The molecule has 1 saturated heterocycles. The first-order valence-electron chi connectivity index (χ1n) is 8.79. The molecule has 0 saturated carbocycles. The molecule has 0 spiro atoms. The maximum absolute atomic E-state index is 13.2. The number of aromatic nitrogens is 2. The van der Waals surface area contributed by atoms with Crippen LogP contribution in [0.2, 0.25) is 0 Å². The number of imidazole rings is 1. The average Bonchev–Trinajstić information content (AvgIpc) is 3.27. The van der Waals surface area contributed by atoms with Crippen LogP contribution < -0.4 is 5.32 Å². The second kappa shape index (κ2) is 6.91. The van der Waals surface area contributed by atoms with Gasteiger partial charge in [-0.25, -0.2) is 13.4 Å². The van der Waals surface area contributed by atoms with Crippen molar-refractivity contribution < 1.29 is 17.9 Å². The fourth-order valence-electron chi connectivity index (χ4n) is 3.28. The van der Waals surface area contributed by atoms with E-state index in [9.17, 15) is 13.2 Å². The Labute approximate surface area is 157 Å². The number of ether oxygens (including phenoxy) is 1. The Bertz CT molecular complexity index is 1020. The predicted molar refractivity (Wildman–Crippen MR) is 100 cm³/mol. The number of nitrogens with zero attached hydrogens (tertiary/aromatic N) is 2.